The predicted molar refractivity (Wildman–Crippen MR) is 119 cm³/mol. The van der Waals surface area contributed by atoms with Crippen molar-refractivity contribution >= 4 is 35.0 Å². The lowest BCUT2D eigenvalue weighted by Gasteiger charge is -2.30. The van der Waals surface area contributed by atoms with Crippen LogP contribution >= 0.6 is 11.6 Å². The minimum atomic E-state index is -1.45. The number of hydrogen-bond acceptors (Lipinski definition) is 5. The summed E-state index contributed by atoms with van der Waals surface area (Å²) >= 11 is 6.40. The van der Waals surface area contributed by atoms with Crippen LogP contribution in [0.25, 0.3) is 0 Å². The van der Waals surface area contributed by atoms with Gasteiger partial charge in [0.15, 0.2) is 0 Å². The number of nitrogens with zero attached hydrogens (tertiary/aromatic N) is 1. The number of imide groups is 1. The van der Waals surface area contributed by atoms with Crippen molar-refractivity contribution in [1.29, 1.82) is 0 Å². The summed E-state index contributed by atoms with van der Waals surface area (Å²) < 4.78 is 0. The van der Waals surface area contributed by atoms with Crippen LogP contribution in [0.1, 0.15) is 23.6 Å². The van der Waals surface area contributed by atoms with Crippen LogP contribution in [-0.2, 0) is 26.3 Å². The van der Waals surface area contributed by atoms with Crippen LogP contribution in [0.3, 0.4) is 0 Å². The second kappa shape index (κ2) is 7.40. The number of benzene rings is 2. The Morgan fingerprint density at radius 2 is 1.88 bits per heavy atom. The number of hydrogen-bond donors (Lipinski definition) is 3. The van der Waals surface area contributed by atoms with E-state index in [4.69, 9.17) is 11.6 Å². The Labute approximate surface area is 190 Å². The first-order valence-corrected chi connectivity index (χ1v) is 11.1. The molecule has 8 heteroatoms. The van der Waals surface area contributed by atoms with E-state index < -0.39 is 41.3 Å². The molecule has 0 radical (unpaired) electrons. The number of aliphatic hydroxyl groups excluding tert-OH is 1. The molecule has 5 rings (SSSR count). The summed E-state index contributed by atoms with van der Waals surface area (Å²) in [6, 6.07) is 12.4. The van der Waals surface area contributed by atoms with Gasteiger partial charge in [0.1, 0.15) is 5.54 Å². The van der Waals surface area contributed by atoms with Gasteiger partial charge in [0.25, 0.3) is 0 Å². The molecule has 3 amide bonds. The van der Waals surface area contributed by atoms with E-state index in [2.05, 4.69) is 10.6 Å². The number of halogens is 1. The molecular weight excluding hydrogens is 430 g/mol. The number of nitrogens with one attached hydrogen (secondary N) is 2. The Morgan fingerprint density at radius 3 is 2.56 bits per heavy atom. The quantitative estimate of drug-likeness (QED) is 0.615. The van der Waals surface area contributed by atoms with Crippen molar-refractivity contribution in [3.63, 3.8) is 0 Å². The molecule has 5 atom stereocenters. The molecule has 0 aromatic heterocycles. The van der Waals surface area contributed by atoms with Crippen molar-refractivity contribution < 1.29 is 19.5 Å². The molecule has 2 aromatic carbocycles. The highest BCUT2D eigenvalue weighted by Crippen LogP contribution is 2.54. The number of amides is 3. The lowest BCUT2D eigenvalue weighted by molar-refractivity contribution is -0.143. The standard InChI is InChI=1S/C24H24ClN3O4/c1-12-10-15-20(16(25)11-12)26-23(32)24(15)18-17(19(27-24)13(2)29)21(30)28(22(18)31)9-8-14-6-4-3-5-7-14/h3-7,10-11,13,17-19,27,29H,8-9H2,1-2H3,(H,26,32)/t13-,17-,18-,19-,24+/m0/s1. The predicted octanol–water partition coefficient (Wildman–Crippen LogP) is 1.99. The largest absolute Gasteiger partial charge is 0.392 e. The summed E-state index contributed by atoms with van der Waals surface area (Å²) in [4.78, 5) is 41.7. The molecule has 166 valence electrons. The average Bonchev–Trinajstić information content (AvgIpc) is 3.34. The summed E-state index contributed by atoms with van der Waals surface area (Å²) in [6.07, 6.45) is -0.421. The summed E-state index contributed by atoms with van der Waals surface area (Å²) in [6.45, 7) is 3.64. The first kappa shape index (κ1) is 21.1. The van der Waals surface area contributed by atoms with Gasteiger partial charge in [-0.1, -0.05) is 48.0 Å². The second-order valence-corrected chi connectivity index (χ2v) is 9.32. The highest BCUT2D eigenvalue weighted by molar-refractivity contribution is 6.35. The van der Waals surface area contributed by atoms with Gasteiger partial charge in [-0.3, -0.25) is 24.6 Å². The maximum absolute atomic E-state index is 13.6. The van der Waals surface area contributed by atoms with Crippen molar-refractivity contribution in [2.45, 2.75) is 38.0 Å². The van der Waals surface area contributed by atoms with Gasteiger partial charge in [0.2, 0.25) is 17.7 Å². The molecule has 1 spiro atoms. The van der Waals surface area contributed by atoms with Crippen molar-refractivity contribution in [1.82, 2.24) is 10.2 Å². The molecular formula is C24H24ClN3O4. The minimum absolute atomic E-state index is 0.223. The van der Waals surface area contributed by atoms with E-state index in [0.717, 1.165) is 11.1 Å². The first-order valence-electron chi connectivity index (χ1n) is 10.7. The molecule has 2 fully saturated rings. The second-order valence-electron chi connectivity index (χ2n) is 8.91. The van der Waals surface area contributed by atoms with Gasteiger partial charge in [0.05, 0.1) is 28.6 Å². The van der Waals surface area contributed by atoms with Crippen LogP contribution in [0, 0.1) is 18.8 Å². The maximum atomic E-state index is 13.6. The van der Waals surface area contributed by atoms with Crippen LogP contribution in [0.4, 0.5) is 5.69 Å². The fourth-order valence-corrected chi connectivity index (χ4v) is 5.83. The zero-order chi connectivity index (χ0) is 22.8. The topological polar surface area (TPSA) is 98.7 Å². The maximum Gasteiger partial charge on any atom is 0.250 e. The molecule has 0 unspecified atom stereocenters. The Balaban J connectivity index is 1.58. The zero-order valence-corrected chi connectivity index (χ0v) is 18.5. The van der Waals surface area contributed by atoms with E-state index >= 15 is 0 Å². The van der Waals surface area contributed by atoms with Crippen LogP contribution in [0.15, 0.2) is 42.5 Å². The third-order valence-electron chi connectivity index (χ3n) is 6.93. The molecule has 2 aromatic rings. The normalized spacial score (nSPS) is 29.4. The monoisotopic (exact) mass is 453 g/mol. The number of carbonyl (C=O) groups is 3. The van der Waals surface area contributed by atoms with Gasteiger partial charge in [-0.15, -0.1) is 0 Å². The van der Waals surface area contributed by atoms with E-state index in [0.29, 0.717) is 22.7 Å². The summed E-state index contributed by atoms with van der Waals surface area (Å²) in [5, 5.41) is 16.9. The lowest BCUT2D eigenvalue weighted by atomic mass is 9.76. The third kappa shape index (κ3) is 2.85. The van der Waals surface area contributed by atoms with Crippen molar-refractivity contribution in [2.75, 3.05) is 11.9 Å². The molecule has 32 heavy (non-hydrogen) atoms. The number of aryl methyl sites for hydroxylation is 1. The van der Waals surface area contributed by atoms with Gasteiger partial charge in [0, 0.05) is 18.2 Å². The summed E-state index contributed by atoms with van der Waals surface area (Å²) in [7, 11) is 0. The van der Waals surface area contributed by atoms with Gasteiger partial charge < -0.3 is 10.4 Å². The van der Waals surface area contributed by atoms with Crippen LogP contribution < -0.4 is 10.6 Å². The highest BCUT2D eigenvalue weighted by atomic mass is 35.5. The lowest BCUT2D eigenvalue weighted by Crippen LogP contribution is -2.55. The van der Waals surface area contributed by atoms with Gasteiger partial charge in [-0.2, -0.15) is 0 Å². The Hall–Kier alpha value is -2.74. The molecule has 0 saturated carbocycles. The molecule has 2 saturated heterocycles. The molecule has 3 heterocycles. The van der Waals surface area contributed by atoms with E-state index in [1.54, 1.807) is 13.0 Å². The molecule has 3 N–H and O–H groups in total. The van der Waals surface area contributed by atoms with Crippen molar-refractivity contribution in [3.05, 3.63) is 64.2 Å². The van der Waals surface area contributed by atoms with Crippen LogP contribution in [0.5, 0.6) is 0 Å². The van der Waals surface area contributed by atoms with E-state index in [1.165, 1.54) is 4.90 Å². The van der Waals surface area contributed by atoms with Gasteiger partial charge >= 0.3 is 0 Å². The zero-order valence-electron chi connectivity index (χ0n) is 17.8. The third-order valence-corrected chi connectivity index (χ3v) is 7.23. The number of fused-ring (bicyclic) bond motifs is 4. The van der Waals surface area contributed by atoms with Gasteiger partial charge in [-0.05, 0) is 37.5 Å². The van der Waals surface area contributed by atoms with Crippen molar-refractivity contribution in [3.8, 4) is 0 Å². The Morgan fingerprint density at radius 1 is 1.16 bits per heavy atom. The van der Waals surface area contributed by atoms with Crippen LogP contribution in [0.2, 0.25) is 5.02 Å². The number of aliphatic hydroxyl groups is 1. The van der Waals surface area contributed by atoms with E-state index in [9.17, 15) is 19.5 Å². The SMILES string of the molecule is Cc1cc(Cl)c2c(c1)[C@]1(N[C@@H]([C@H](C)O)[C@H]3C(=O)N(CCc4ccccc4)C(=O)[C@H]31)C(=O)N2. The minimum Gasteiger partial charge on any atom is -0.392 e. The average molecular weight is 454 g/mol. The van der Waals surface area contributed by atoms with Crippen molar-refractivity contribution in [2.24, 2.45) is 11.8 Å². The summed E-state index contributed by atoms with van der Waals surface area (Å²) in [5.74, 6) is -2.97. The number of anilines is 1. The fourth-order valence-electron chi connectivity index (χ4n) is 5.50. The first-order chi connectivity index (χ1) is 15.3. The Kier molecular flexibility index (Phi) is 4.89. The molecule has 3 aliphatic rings. The highest BCUT2D eigenvalue weighted by Gasteiger charge is 2.71. The molecule has 0 aliphatic carbocycles. The number of rotatable bonds is 4. The molecule has 7 nitrogen and oxygen atoms in total. The number of likely N-dealkylation sites (tertiary alicyclic amines) is 1. The molecule has 0 bridgehead atoms. The fraction of sp³-hybridized carbons (Fsp3) is 0.375. The summed E-state index contributed by atoms with van der Waals surface area (Å²) in [5.41, 5.74) is 1.39. The van der Waals surface area contributed by atoms with E-state index in [-0.39, 0.29) is 12.5 Å². The smallest absolute Gasteiger partial charge is 0.250 e. The Bertz CT molecular complexity index is 1140. The number of carbonyl (C=O) groups excluding carboxylic acids is 3. The van der Waals surface area contributed by atoms with E-state index in [1.807, 2.05) is 43.3 Å². The van der Waals surface area contributed by atoms with Crippen LogP contribution in [-0.4, -0.2) is 46.4 Å². The van der Waals surface area contributed by atoms with Gasteiger partial charge in [-0.25, -0.2) is 0 Å². The molecule has 3 aliphatic heterocycles.